The van der Waals surface area contributed by atoms with E-state index in [1.807, 2.05) is 6.92 Å². The van der Waals surface area contributed by atoms with Crippen LogP contribution in [0.3, 0.4) is 0 Å². The van der Waals surface area contributed by atoms with E-state index in [1.165, 1.54) is 12.8 Å². The van der Waals surface area contributed by atoms with Gasteiger partial charge in [0.2, 0.25) is 0 Å². The molecule has 0 aliphatic heterocycles. The Labute approximate surface area is 81.6 Å². The first-order valence-corrected chi connectivity index (χ1v) is 6.61. The molecule has 0 aliphatic rings. The van der Waals surface area contributed by atoms with Gasteiger partial charge in [-0.2, -0.15) is 8.42 Å². The van der Waals surface area contributed by atoms with Crippen molar-refractivity contribution in [3.8, 4) is 0 Å². The molecule has 0 N–H and O–H groups in total. The monoisotopic (exact) mass is 208 g/mol. The Morgan fingerprint density at radius 3 is 2.38 bits per heavy atom. The SMILES string of the molecule is CCCCCC(C)COS(C)(=O)=O. The Hall–Kier alpha value is -0.0900. The van der Waals surface area contributed by atoms with E-state index in [9.17, 15) is 8.42 Å². The van der Waals surface area contributed by atoms with Gasteiger partial charge in [-0.1, -0.05) is 33.1 Å². The molecule has 4 heteroatoms. The van der Waals surface area contributed by atoms with E-state index in [-0.39, 0.29) is 0 Å². The minimum absolute atomic E-state index is 0.322. The molecule has 0 aliphatic carbocycles. The predicted molar refractivity (Wildman–Crippen MR) is 54.1 cm³/mol. The molecule has 0 saturated heterocycles. The summed E-state index contributed by atoms with van der Waals surface area (Å²) < 4.78 is 26.0. The molecule has 0 rings (SSSR count). The second kappa shape index (κ2) is 6.38. The van der Waals surface area contributed by atoms with Crippen LogP contribution in [0.25, 0.3) is 0 Å². The van der Waals surface area contributed by atoms with Crippen LogP contribution in [-0.4, -0.2) is 21.3 Å². The predicted octanol–water partition coefficient (Wildman–Crippen LogP) is 2.18. The van der Waals surface area contributed by atoms with Crippen molar-refractivity contribution in [2.24, 2.45) is 5.92 Å². The minimum Gasteiger partial charge on any atom is -0.270 e. The summed E-state index contributed by atoms with van der Waals surface area (Å²) in [5.41, 5.74) is 0. The first kappa shape index (κ1) is 12.9. The molecule has 0 spiro atoms. The normalized spacial score (nSPS) is 14.4. The van der Waals surface area contributed by atoms with Gasteiger partial charge in [0.1, 0.15) is 0 Å². The van der Waals surface area contributed by atoms with Crippen LogP contribution in [0.1, 0.15) is 39.5 Å². The fourth-order valence-corrected chi connectivity index (χ4v) is 1.55. The van der Waals surface area contributed by atoms with Gasteiger partial charge < -0.3 is 0 Å². The first-order chi connectivity index (χ1) is 5.95. The molecule has 1 atom stereocenters. The van der Waals surface area contributed by atoms with Crippen LogP contribution in [0, 0.1) is 5.92 Å². The Kier molecular flexibility index (Phi) is 6.33. The fourth-order valence-electron chi connectivity index (χ4n) is 1.07. The highest BCUT2D eigenvalue weighted by atomic mass is 32.2. The molecule has 0 saturated carbocycles. The Bertz CT molecular complexity index is 209. The smallest absolute Gasteiger partial charge is 0.264 e. The van der Waals surface area contributed by atoms with E-state index in [4.69, 9.17) is 4.18 Å². The van der Waals surface area contributed by atoms with Crippen LogP contribution in [0.5, 0.6) is 0 Å². The van der Waals surface area contributed by atoms with Crippen molar-refractivity contribution in [1.82, 2.24) is 0 Å². The maximum absolute atomic E-state index is 10.6. The van der Waals surface area contributed by atoms with Crippen molar-refractivity contribution in [3.63, 3.8) is 0 Å². The largest absolute Gasteiger partial charge is 0.270 e. The van der Waals surface area contributed by atoms with E-state index in [2.05, 4.69) is 6.92 Å². The summed E-state index contributed by atoms with van der Waals surface area (Å²) in [7, 11) is -3.25. The zero-order valence-corrected chi connectivity index (χ0v) is 9.56. The Morgan fingerprint density at radius 2 is 1.92 bits per heavy atom. The lowest BCUT2D eigenvalue weighted by Crippen LogP contribution is -2.10. The second-order valence-corrected chi connectivity index (χ2v) is 5.23. The van der Waals surface area contributed by atoms with Crippen LogP contribution in [0.4, 0.5) is 0 Å². The van der Waals surface area contributed by atoms with Crippen molar-refractivity contribution in [2.45, 2.75) is 39.5 Å². The fraction of sp³-hybridized carbons (Fsp3) is 1.00. The number of rotatable bonds is 7. The molecule has 0 heterocycles. The quantitative estimate of drug-likeness (QED) is 0.476. The lowest BCUT2D eigenvalue weighted by molar-refractivity contribution is 0.256. The average molecular weight is 208 g/mol. The van der Waals surface area contributed by atoms with Crippen molar-refractivity contribution >= 4 is 10.1 Å². The van der Waals surface area contributed by atoms with Crippen LogP contribution >= 0.6 is 0 Å². The molecule has 0 fully saturated rings. The first-order valence-electron chi connectivity index (χ1n) is 4.80. The summed E-state index contributed by atoms with van der Waals surface area (Å²) >= 11 is 0. The lowest BCUT2D eigenvalue weighted by atomic mass is 10.0. The van der Waals surface area contributed by atoms with Gasteiger partial charge in [-0.3, -0.25) is 4.18 Å². The van der Waals surface area contributed by atoms with Gasteiger partial charge in [0, 0.05) is 0 Å². The third kappa shape index (κ3) is 9.83. The van der Waals surface area contributed by atoms with E-state index in [0.29, 0.717) is 12.5 Å². The van der Waals surface area contributed by atoms with Gasteiger partial charge in [-0.05, 0) is 12.3 Å². The van der Waals surface area contributed by atoms with Crippen LogP contribution in [-0.2, 0) is 14.3 Å². The van der Waals surface area contributed by atoms with Crippen molar-refractivity contribution in [1.29, 1.82) is 0 Å². The summed E-state index contributed by atoms with van der Waals surface area (Å²) in [6.45, 7) is 4.49. The maximum atomic E-state index is 10.6. The lowest BCUT2D eigenvalue weighted by Gasteiger charge is -2.09. The highest BCUT2D eigenvalue weighted by Crippen LogP contribution is 2.10. The Morgan fingerprint density at radius 1 is 1.31 bits per heavy atom. The topological polar surface area (TPSA) is 43.4 Å². The van der Waals surface area contributed by atoms with E-state index >= 15 is 0 Å². The molecular formula is C9H20O3S. The highest BCUT2D eigenvalue weighted by molar-refractivity contribution is 7.85. The zero-order valence-electron chi connectivity index (χ0n) is 8.75. The van der Waals surface area contributed by atoms with Gasteiger partial charge in [0.05, 0.1) is 12.9 Å². The number of hydrogen-bond donors (Lipinski definition) is 0. The summed E-state index contributed by atoms with van der Waals surface area (Å²) in [5, 5.41) is 0. The van der Waals surface area contributed by atoms with Gasteiger partial charge in [-0.25, -0.2) is 0 Å². The number of hydrogen-bond acceptors (Lipinski definition) is 3. The average Bonchev–Trinajstić information content (AvgIpc) is 2.00. The molecule has 0 bridgehead atoms. The molecule has 80 valence electrons. The van der Waals surface area contributed by atoms with E-state index in [0.717, 1.165) is 19.1 Å². The molecule has 0 amide bonds. The van der Waals surface area contributed by atoms with Gasteiger partial charge in [0.15, 0.2) is 0 Å². The molecule has 0 aromatic rings. The number of unbranched alkanes of at least 4 members (excludes halogenated alkanes) is 2. The van der Waals surface area contributed by atoms with Crippen LogP contribution in [0.15, 0.2) is 0 Å². The minimum atomic E-state index is -3.25. The summed E-state index contributed by atoms with van der Waals surface area (Å²) in [4.78, 5) is 0. The molecule has 0 aromatic carbocycles. The van der Waals surface area contributed by atoms with Gasteiger partial charge >= 0.3 is 0 Å². The van der Waals surface area contributed by atoms with E-state index < -0.39 is 10.1 Å². The molecular weight excluding hydrogens is 188 g/mol. The maximum Gasteiger partial charge on any atom is 0.264 e. The molecule has 3 nitrogen and oxygen atoms in total. The Balaban J connectivity index is 3.46. The van der Waals surface area contributed by atoms with Gasteiger partial charge in [0.25, 0.3) is 10.1 Å². The summed E-state index contributed by atoms with van der Waals surface area (Å²) in [6, 6.07) is 0. The van der Waals surface area contributed by atoms with Crippen LogP contribution in [0.2, 0.25) is 0 Å². The van der Waals surface area contributed by atoms with Crippen molar-refractivity contribution < 1.29 is 12.6 Å². The molecule has 0 aromatic heterocycles. The third-order valence-corrected chi connectivity index (χ3v) is 2.43. The zero-order chi connectivity index (χ0) is 10.3. The second-order valence-electron chi connectivity index (χ2n) is 3.59. The standard InChI is InChI=1S/C9H20O3S/c1-4-5-6-7-9(2)8-12-13(3,10)11/h9H,4-8H2,1-3H3. The van der Waals surface area contributed by atoms with Crippen molar-refractivity contribution in [2.75, 3.05) is 12.9 Å². The summed E-state index contributed by atoms with van der Waals surface area (Å²) in [6.07, 6.45) is 5.70. The summed E-state index contributed by atoms with van der Waals surface area (Å²) in [5.74, 6) is 0.335. The molecule has 1 unspecified atom stereocenters. The van der Waals surface area contributed by atoms with Crippen molar-refractivity contribution in [3.05, 3.63) is 0 Å². The third-order valence-electron chi connectivity index (χ3n) is 1.87. The van der Waals surface area contributed by atoms with E-state index in [1.54, 1.807) is 0 Å². The highest BCUT2D eigenvalue weighted by Gasteiger charge is 2.06. The van der Waals surface area contributed by atoms with Crippen LogP contribution < -0.4 is 0 Å². The molecule has 13 heavy (non-hydrogen) atoms. The molecule has 0 radical (unpaired) electrons. The van der Waals surface area contributed by atoms with Gasteiger partial charge in [-0.15, -0.1) is 0 Å².